The topological polar surface area (TPSA) is 96.7 Å². The first-order valence-electron chi connectivity index (χ1n) is 10.4. The minimum Gasteiger partial charge on any atom is -0.296 e. The van der Waals surface area contributed by atoms with E-state index >= 15 is 0 Å². The molecule has 0 atom stereocenters. The van der Waals surface area contributed by atoms with E-state index in [0.717, 1.165) is 16.5 Å². The van der Waals surface area contributed by atoms with Crippen LogP contribution in [0.3, 0.4) is 0 Å². The van der Waals surface area contributed by atoms with Crippen molar-refractivity contribution >= 4 is 50.4 Å². The third kappa shape index (κ3) is 5.56. The lowest BCUT2D eigenvalue weighted by atomic mass is 10.1. The molecule has 8 nitrogen and oxygen atoms in total. The van der Waals surface area contributed by atoms with E-state index in [-0.39, 0.29) is 5.69 Å². The summed E-state index contributed by atoms with van der Waals surface area (Å²) in [6, 6.07) is 14.5. The highest BCUT2D eigenvalue weighted by Crippen LogP contribution is 2.26. The maximum Gasteiger partial charge on any atom is 0.276 e. The largest absolute Gasteiger partial charge is 0.296 e. The van der Waals surface area contributed by atoms with Crippen molar-refractivity contribution < 1.29 is 13.3 Å². The molecule has 1 aromatic heterocycles. The fraction of sp³-hybridized carbons (Fsp3) is 0.261. The summed E-state index contributed by atoms with van der Waals surface area (Å²) in [5, 5.41) is 12.8. The summed E-state index contributed by atoms with van der Waals surface area (Å²) in [4.78, 5) is 17.7. The van der Waals surface area contributed by atoms with Gasteiger partial charge >= 0.3 is 0 Å². The van der Waals surface area contributed by atoms with Crippen LogP contribution in [-0.4, -0.2) is 60.0 Å². The van der Waals surface area contributed by atoms with Crippen LogP contribution in [0.1, 0.15) is 16.7 Å². The van der Waals surface area contributed by atoms with Gasteiger partial charge in [-0.15, -0.1) is 0 Å². The summed E-state index contributed by atoms with van der Waals surface area (Å²) in [6.07, 6.45) is 4.63. The highest BCUT2D eigenvalue weighted by atomic mass is 35.5. The molecule has 10 heteroatoms. The molecular weight excluding hydrogens is 464 g/mol. The van der Waals surface area contributed by atoms with Gasteiger partial charge < -0.3 is 0 Å². The second-order valence-electron chi connectivity index (χ2n) is 7.98. The van der Waals surface area contributed by atoms with Crippen LogP contribution in [0, 0.1) is 10.1 Å². The Bertz CT molecular complexity index is 1340. The van der Waals surface area contributed by atoms with Crippen molar-refractivity contribution in [1.29, 1.82) is 0 Å². The normalized spacial score (nSPS) is 15.9. The van der Waals surface area contributed by atoms with Gasteiger partial charge in [-0.1, -0.05) is 41.9 Å². The smallest absolute Gasteiger partial charge is 0.276 e. The van der Waals surface area contributed by atoms with Crippen molar-refractivity contribution in [2.24, 2.45) is 0 Å². The van der Waals surface area contributed by atoms with Gasteiger partial charge in [-0.25, -0.2) is 13.4 Å². The van der Waals surface area contributed by atoms with E-state index < -0.39 is 14.9 Å². The average molecular weight is 487 g/mol. The number of halogens is 1. The van der Waals surface area contributed by atoms with Crippen LogP contribution in [0.2, 0.25) is 5.15 Å². The molecule has 1 fully saturated rings. The number of nitro benzene ring substituents is 1. The minimum atomic E-state index is -3.19. The molecule has 1 aliphatic heterocycles. The number of aromatic nitrogens is 1. The number of hydrogen-bond acceptors (Lipinski definition) is 6. The first-order valence-corrected chi connectivity index (χ1v) is 12.6. The second-order valence-corrected chi connectivity index (χ2v) is 10.3. The summed E-state index contributed by atoms with van der Waals surface area (Å²) < 4.78 is 24.9. The summed E-state index contributed by atoms with van der Waals surface area (Å²) in [7, 11) is -3.19. The molecule has 172 valence electrons. The van der Waals surface area contributed by atoms with Gasteiger partial charge in [-0.2, -0.15) is 4.31 Å². The molecule has 0 bridgehead atoms. The Morgan fingerprint density at radius 1 is 1.06 bits per heavy atom. The molecule has 0 amide bonds. The van der Waals surface area contributed by atoms with Gasteiger partial charge in [0, 0.05) is 49.7 Å². The number of benzene rings is 2. The van der Waals surface area contributed by atoms with Crippen molar-refractivity contribution in [3.63, 3.8) is 0 Å². The zero-order chi connectivity index (χ0) is 23.6. The molecule has 0 unspecified atom stereocenters. The lowest BCUT2D eigenvalue weighted by molar-refractivity contribution is -0.385. The number of para-hydroxylation sites is 1. The van der Waals surface area contributed by atoms with Crippen molar-refractivity contribution in [3.05, 3.63) is 80.5 Å². The van der Waals surface area contributed by atoms with Gasteiger partial charge in [0.05, 0.1) is 22.3 Å². The number of piperazine rings is 1. The number of sulfonamides is 1. The van der Waals surface area contributed by atoms with Crippen LogP contribution in [0.5, 0.6) is 0 Å². The van der Waals surface area contributed by atoms with E-state index in [1.807, 2.05) is 30.3 Å². The Kier molecular flexibility index (Phi) is 6.76. The van der Waals surface area contributed by atoms with Crippen LogP contribution < -0.4 is 0 Å². The third-order valence-corrected chi connectivity index (χ3v) is 7.25. The Balaban J connectivity index is 1.56. The Labute approximate surface area is 197 Å². The lowest BCUT2D eigenvalue weighted by Crippen LogP contribution is -2.47. The van der Waals surface area contributed by atoms with Crippen molar-refractivity contribution in [1.82, 2.24) is 14.2 Å². The van der Waals surface area contributed by atoms with Gasteiger partial charge in [0.2, 0.25) is 10.0 Å². The Hall–Kier alpha value is -2.85. The van der Waals surface area contributed by atoms with Crippen LogP contribution >= 0.6 is 11.6 Å². The maximum atomic E-state index is 11.7. The highest BCUT2D eigenvalue weighted by Gasteiger charge is 2.23. The van der Waals surface area contributed by atoms with E-state index in [1.54, 1.807) is 24.3 Å². The van der Waals surface area contributed by atoms with Gasteiger partial charge in [0.25, 0.3) is 5.69 Å². The van der Waals surface area contributed by atoms with E-state index in [4.69, 9.17) is 11.6 Å². The van der Waals surface area contributed by atoms with Crippen LogP contribution in [0.4, 0.5) is 5.69 Å². The van der Waals surface area contributed by atoms with E-state index in [0.29, 0.717) is 49.0 Å². The molecule has 0 saturated carbocycles. The molecule has 1 saturated heterocycles. The molecule has 4 rings (SSSR count). The maximum absolute atomic E-state index is 11.7. The first-order chi connectivity index (χ1) is 15.7. The molecule has 3 aromatic rings. The SMILES string of the molecule is CS(=O)(=O)N1CCN(Cc2ccc([N+](=O)[O-])c(/C=C/c3cc4ccccc4nc3Cl)c2)CC1. The quantitative estimate of drug-likeness (QED) is 0.296. The van der Waals surface area contributed by atoms with Crippen LogP contribution in [0.15, 0.2) is 48.5 Å². The molecule has 1 aliphatic rings. The summed E-state index contributed by atoms with van der Waals surface area (Å²) in [6.45, 7) is 2.66. The van der Waals surface area contributed by atoms with Crippen molar-refractivity contribution in [3.8, 4) is 0 Å². The minimum absolute atomic E-state index is 0.00164. The fourth-order valence-corrected chi connectivity index (χ4v) is 4.92. The third-order valence-electron chi connectivity index (χ3n) is 5.64. The number of rotatable bonds is 6. The van der Waals surface area contributed by atoms with Crippen molar-refractivity contribution in [2.75, 3.05) is 32.4 Å². The number of pyridine rings is 1. The van der Waals surface area contributed by atoms with Gasteiger partial charge in [0.15, 0.2) is 0 Å². The molecule has 0 N–H and O–H groups in total. The lowest BCUT2D eigenvalue weighted by Gasteiger charge is -2.33. The molecule has 0 aliphatic carbocycles. The summed E-state index contributed by atoms with van der Waals surface area (Å²) in [5.41, 5.74) is 2.84. The molecule has 2 heterocycles. The second kappa shape index (κ2) is 9.56. The number of fused-ring (bicyclic) bond motifs is 1. The average Bonchev–Trinajstić information content (AvgIpc) is 2.77. The molecule has 33 heavy (non-hydrogen) atoms. The van der Waals surface area contributed by atoms with E-state index in [9.17, 15) is 18.5 Å². The van der Waals surface area contributed by atoms with Gasteiger partial charge in [0.1, 0.15) is 5.15 Å². The molecule has 0 radical (unpaired) electrons. The van der Waals surface area contributed by atoms with Crippen LogP contribution in [-0.2, 0) is 16.6 Å². The predicted octanol–water partition coefficient (Wildman–Crippen LogP) is 4.04. The van der Waals surface area contributed by atoms with Crippen LogP contribution in [0.25, 0.3) is 23.1 Å². The highest BCUT2D eigenvalue weighted by molar-refractivity contribution is 7.88. The monoisotopic (exact) mass is 486 g/mol. The fourth-order valence-electron chi connectivity index (χ4n) is 3.88. The van der Waals surface area contributed by atoms with Gasteiger partial charge in [-0.3, -0.25) is 15.0 Å². The first kappa shape index (κ1) is 23.3. The predicted molar refractivity (Wildman–Crippen MR) is 130 cm³/mol. The summed E-state index contributed by atoms with van der Waals surface area (Å²) in [5.74, 6) is 0. The Morgan fingerprint density at radius 2 is 1.76 bits per heavy atom. The van der Waals surface area contributed by atoms with Crippen molar-refractivity contribution in [2.45, 2.75) is 6.54 Å². The molecule has 2 aromatic carbocycles. The van der Waals surface area contributed by atoms with Gasteiger partial charge in [-0.05, 0) is 29.8 Å². The number of nitro groups is 1. The van der Waals surface area contributed by atoms with E-state index in [1.165, 1.54) is 16.6 Å². The zero-order valence-electron chi connectivity index (χ0n) is 18.0. The van der Waals surface area contributed by atoms with E-state index in [2.05, 4.69) is 9.88 Å². The summed E-state index contributed by atoms with van der Waals surface area (Å²) >= 11 is 6.33. The zero-order valence-corrected chi connectivity index (χ0v) is 19.6. The molecular formula is C23H23ClN4O4S. The standard InChI is InChI=1S/C23H23ClN4O4S/c1-33(31,32)27-12-10-26(11-13-27)16-17-6-9-22(28(29)30)19(14-17)7-8-20-15-18-4-2-3-5-21(18)25-23(20)24/h2-9,14-15H,10-13,16H2,1H3/b8-7+. The Morgan fingerprint density at radius 3 is 2.45 bits per heavy atom. The number of hydrogen-bond donors (Lipinski definition) is 0. The number of nitrogens with zero attached hydrogens (tertiary/aromatic N) is 4. The molecule has 0 spiro atoms.